The summed E-state index contributed by atoms with van der Waals surface area (Å²) in [4.78, 5) is 9.52. The van der Waals surface area contributed by atoms with Crippen LogP contribution in [0.3, 0.4) is 0 Å². The number of thioether (sulfide) groups is 1. The molecule has 0 heterocycles. The van der Waals surface area contributed by atoms with Crippen molar-refractivity contribution < 1.29 is 4.79 Å². The van der Waals surface area contributed by atoms with Crippen LogP contribution in [0.15, 0.2) is 18.7 Å². The molecule has 0 atom stereocenters. The van der Waals surface area contributed by atoms with Crippen LogP contribution in [0.4, 0.5) is 0 Å². The molecule has 0 rings (SSSR count). The standard InChI is InChI=1S/C6H7OS/c1-2-5-8-6-3-4-7/h2-3,6H,1,5H2. The van der Waals surface area contributed by atoms with Crippen molar-refractivity contribution in [3.8, 4) is 0 Å². The Hall–Kier alpha value is -0.460. The molecule has 0 aromatic carbocycles. The average molecular weight is 127 g/mol. The highest BCUT2D eigenvalue weighted by Gasteiger charge is 1.76. The van der Waals surface area contributed by atoms with Gasteiger partial charge in [-0.25, -0.2) is 4.79 Å². The van der Waals surface area contributed by atoms with Crippen LogP contribution in [0.5, 0.6) is 0 Å². The Kier molecular flexibility index (Phi) is 6.16. The zero-order chi connectivity index (χ0) is 6.24. The molecule has 0 bridgehead atoms. The highest BCUT2D eigenvalue weighted by atomic mass is 32.2. The molecule has 0 aromatic heterocycles. The van der Waals surface area contributed by atoms with Crippen LogP contribution in [0.1, 0.15) is 0 Å². The summed E-state index contributed by atoms with van der Waals surface area (Å²) in [5, 5.41) is 0. The first-order valence-corrected chi connectivity index (χ1v) is 3.22. The summed E-state index contributed by atoms with van der Waals surface area (Å²) in [6.45, 7) is 3.51. The van der Waals surface area contributed by atoms with Crippen LogP contribution < -0.4 is 0 Å². The molecule has 43 valence electrons. The SMILES string of the molecule is C=CCS[CH]C=C=O. The van der Waals surface area contributed by atoms with Crippen molar-refractivity contribution in [3.63, 3.8) is 0 Å². The van der Waals surface area contributed by atoms with Crippen LogP contribution >= 0.6 is 11.8 Å². The first-order chi connectivity index (χ1) is 3.91. The quantitative estimate of drug-likeness (QED) is 0.323. The van der Waals surface area contributed by atoms with Gasteiger partial charge < -0.3 is 0 Å². The summed E-state index contributed by atoms with van der Waals surface area (Å²) < 4.78 is 0. The van der Waals surface area contributed by atoms with Crippen LogP contribution in [0, 0.1) is 5.75 Å². The van der Waals surface area contributed by atoms with E-state index in [2.05, 4.69) is 6.58 Å². The maximum absolute atomic E-state index is 9.52. The number of hydrogen-bond acceptors (Lipinski definition) is 2. The Morgan fingerprint density at radius 1 is 1.75 bits per heavy atom. The molecule has 0 N–H and O–H groups in total. The Labute approximate surface area is 53.5 Å². The lowest BCUT2D eigenvalue weighted by Crippen LogP contribution is -1.65. The molecule has 0 saturated heterocycles. The lowest BCUT2D eigenvalue weighted by atomic mass is 10.7. The highest BCUT2D eigenvalue weighted by molar-refractivity contribution is 8.01. The molecule has 0 aliphatic carbocycles. The van der Waals surface area contributed by atoms with Gasteiger partial charge >= 0.3 is 0 Å². The summed E-state index contributed by atoms with van der Waals surface area (Å²) >= 11 is 1.52. The maximum Gasteiger partial charge on any atom is 0.121 e. The van der Waals surface area contributed by atoms with Crippen molar-refractivity contribution in [2.45, 2.75) is 0 Å². The zero-order valence-corrected chi connectivity index (χ0v) is 5.28. The normalized spacial score (nSPS) is 7.50. The average Bonchev–Trinajstić information content (AvgIpc) is 1.81. The Bertz CT molecular complexity index is 103. The lowest BCUT2D eigenvalue weighted by molar-refractivity contribution is 0.569. The number of carbonyl (C=O) groups excluding carboxylic acids is 1. The number of hydrogen-bond donors (Lipinski definition) is 0. The van der Waals surface area contributed by atoms with Crippen LogP contribution in [-0.2, 0) is 4.79 Å². The molecular weight excluding hydrogens is 120 g/mol. The van der Waals surface area contributed by atoms with E-state index in [1.807, 2.05) is 0 Å². The molecule has 1 radical (unpaired) electrons. The van der Waals surface area contributed by atoms with Crippen molar-refractivity contribution in [2.75, 3.05) is 5.75 Å². The highest BCUT2D eigenvalue weighted by Crippen LogP contribution is 2.03. The van der Waals surface area contributed by atoms with Crippen molar-refractivity contribution in [3.05, 3.63) is 24.5 Å². The van der Waals surface area contributed by atoms with E-state index < -0.39 is 0 Å². The van der Waals surface area contributed by atoms with Crippen molar-refractivity contribution in [1.82, 2.24) is 0 Å². The summed E-state index contributed by atoms with van der Waals surface area (Å²) in [7, 11) is 0. The molecule has 0 aromatic rings. The van der Waals surface area contributed by atoms with E-state index in [9.17, 15) is 4.79 Å². The van der Waals surface area contributed by atoms with Gasteiger partial charge in [-0.2, -0.15) is 0 Å². The van der Waals surface area contributed by atoms with Gasteiger partial charge in [-0.05, 0) is 0 Å². The molecule has 0 saturated carbocycles. The molecule has 2 heteroatoms. The third kappa shape index (κ3) is 5.54. The topological polar surface area (TPSA) is 17.1 Å². The maximum atomic E-state index is 9.52. The molecular formula is C6H7OS. The zero-order valence-electron chi connectivity index (χ0n) is 4.46. The fraction of sp³-hybridized carbons (Fsp3) is 0.167. The number of rotatable bonds is 4. The van der Waals surface area contributed by atoms with Gasteiger partial charge in [-0.1, -0.05) is 6.08 Å². The van der Waals surface area contributed by atoms with Gasteiger partial charge in [0.15, 0.2) is 0 Å². The van der Waals surface area contributed by atoms with E-state index >= 15 is 0 Å². The van der Waals surface area contributed by atoms with Crippen molar-refractivity contribution >= 4 is 17.7 Å². The summed E-state index contributed by atoms with van der Waals surface area (Å²) in [5.74, 6) is 4.18. The van der Waals surface area contributed by atoms with Gasteiger partial charge in [0, 0.05) is 17.6 Å². The van der Waals surface area contributed by atoms with Gasteiger partial charge in [0.1, 0.15) is 5.94 Å². The second kappa shape index (κ2) is 6.54. The molecule has 0 aliphatic heterocycles. The first-order valence-electron chi connectivity index (χ1n) is 2.17. The lowest BCUT2D eigenvalue weighted by Gasteiger charge is -1.83. The van der Waals surface area contributed by atoms with Gasteiger partial charge in [0.25, 0.3) is 0 Å². The predicted octanol–water partition coefficient (Wildman–Crippen LogP) is 1.46. The molecule has 1 nitrogen and oxygen atoms in total. The minimum atomic E-state index is 0.845. The van der Waals surface area contributed by atoms with E-state index in [0.717, 1.165) is 5.75 Å². The first kappa shape index (κ1) is 7.54. The largest absolute Gasteiger partial charge is 0.234 e. The molecule has 0 spiro atoms. The molecule has 0 amide bonds. The van der Waals surface area contributed by atoms with E-state index in [0.29, 0.717) is 0 Å². The fourth-order valence-corrected chi connectivity index (χ4v) is 0.598. The predicted molar refractivity (Wildman–Crippen MR) is 37.2 cm³/mol. The van der Waals surface area contributed by atoms with E-state index in [-0.39, 0.29) is 0 Å². The van der Waals surface area contributed by atoms with Gasteiger partial charge in [-0.3, -0.25) is 0 Å². The third-order valence-corrected chi connectivity index (χ3v) is 1.20. The molecule has 0 unspecified atom stereocenters. The summed E-state index contributed by atoms with van der Waals surface area (Å²) in [6.07, 6.45) is 3.12. The van der Waals surface area contributed by atoms with Gasteiger partial charge in [-0.15, -0.1) is 18.3 Å². The molecule has 0 aliphatic rings. The van der Waals surface area contributed by atoms with E-state index in [4.69, 9.17) is 0 Å². The van der Waals surface area contributed by atoms with Crippen LogP contribution in [0.25, 0.3) is 0 Å². The van der Waals surface area contributed by atoms with E-state index in [1.165, 1.54) is 17.8 Å². The third-order valence-electron chi connectivity index (χ3n) is 0.446. The second-order valence-electron chi connectivity index (χ2n) is 1.04. The minimum absolute atomic E-state index is 0.845. The fourth-order valence-electron chi connectivity index (χ4n) is 0.199. The van der Waals surface area contributed by atoms with E-state index in [1.54, 1.807) is 17.8 Å². The summed E-state index contributed by atoms with van der Waals surface area (Å²) in [5.41, 5.74) is 0. The Morgan fingerprint density at radius 3 is 3.00 bits per heavy atom. The second-order valence-corrected chi connectivity index (χ2v) is 1.98. The van der Waals surface area contributed by atoms with Crippen LogP contribution in [-0.4, -0.2) is 11.7 Å². The monoisotopic (exact) mass is 127 g/mol. The molecule has 8 heavy (non-hydrogen) atoms. The summed E-state index contributed by atoms with van der Waals surface area (Å²) in [6, 6.07) is 0. The van der Waals surface area contributed by atoms with Gasteiger partial charge in [0.05, 0.1) is 0 Å². The molecule has 0 fully saturated rings. The van der Waals surface area contributed by atoms with Crippen molar-refractivity contribution in [1.29, 1.82) is 0 Å². The van der Waals surface area contributed by atoms with Crippen LogP contribution in [0.2, 0.25) is 0 Å². The smallest absolute Gasteiger partial charge is 0.121 e. The Balaban J connectivity index is 2.93. The Morgan fingerprint density at radius 2 is 2.50 bits per heavy atom. The van der Waals surface area contributed by atoms with Crippen molar-refractivity contribution in [2.24, 2.45) is 0 Å². The minimum Gasteiger partial charge on any atom is -0.234 e. The van der Waals surface area contributed by atoms with Gasteiger partial charge in [0.2, 0.25) is 0 Å².